The number of rotatable bonds is 8. The zero-order valence-corrected chi connectivity index (χ0v) is 20.9. The van der Waals surface area contributed by atoms with E-state index >= 15 is 0 Å². The maximum atomic E-state index is 13.3. The highest BCUT2D eigenvalue weighted by Gasteiger charge is 2.16. The second kappa shape index (κ2) is 11.2. The third-order valence-electron chi connectivity index (χ3n) is 5.76. The molecule has 0 aliphatic carbocycles. The Bertz CT molecular complexity index is 1360. The first-order valence-electron chi connectivity index (χ1n) is 11.8. The molecule has 0 spiro atoms. The SMILES string of the molecule is CCCOc1ccc(/C(C)=N\NC(=O)c2cc(-c3ccc(CC)cc3)nc3c(Cl)cccc23)cc1. The van der Waals surface area contributed by atoms with Crippen molar-refractivity contribution in [1.82, 2.24) is 10.4 Å². The monoisotopic (exact) mass is 485 g/mol. The first-order chi connectivity index (χ1) is 17.0. The van der Waals surface area contributed by atoms with Gasteiger partial charge in [-0.1, -0.05) is 61.8 Å². The molecule has 6 heteroatoms. The third kappa shape index (κ3) is 5.69. The van der Waals surface area contributed by atoms with Gasteiger partial charge < -0.3 is 4.74 Å². The van der Waals surface area contributed by atoms with Gasteiger partial charge >= 0.3 is 0 Å². The van der Waals surface area contributed by atoms with Crippen molar-refractivity contribution in [3.05, 3.63) is 94.5 Å². The summed E-state index contributed by atoms with van der Waals surface area (Å²) >= 11 is 6.46. The van der Waals surface area contributed by atoms with Gasteiger partial charge in [-0.25, -0.2) is 10.4 Å². The van der Waals surface area contributed by atoms with Crippen LogP contribution in [0.2, 0.25) is 5.02 Å². The Kier molecular flexibility index (Phi) is 7.78. The summed E-state index contributed by atoms with van der Waals surface area (Å²) in [5.41, 5.74) is 8.17. The summed E-state index contributed by atoms with van der Waals surface area (Å²) in [6.07, 6.45) is 1.91. The second-order valence-electron chi connectivity index (χ2n) is 8.25. The van der Waals surface area contributed by atoms with E-state index in [0.29, 0.717) is 39.5 Å². The number of aromatic nitrogens is 1. The average molecular weight is 486 g/mol. The lowest BCUT2D eigenvalue weighted by molar-refractivity contribution is 0.0956. The molecule has 3 aromatic carbocycles. The molecular formula is C29H28ClN3O2. The fraction of sp³-hybridized carbons (Fsp3) is 0.207. The summed E-state index contributed by atoms with van der Waals surface area (Å²) in [5.74, 6) is 0.486. The molecule has 0 saturated heterocycles. The standard InChI is InChI=1S/C29H28ClN3O2/c1-4-17-35-23-15-13-21(14-16-23)19(3)32-33-29(34)25-18-27(22-11-9-20(5-2)10-12-22)31-28-24(25)7-6-8-26(28)30/h6-16,18H,4-5,17H2,1-3H3,(H,33,34)/b32-19-. The summed E-state index contributed by atoms with van der Waals surface area (Å²) in [4.78, 5) is 18.0. The number of benzene rings is 3. The quantitative estimate of drug-likeness (QED) is 0.214. The van der Waals surface area contributed by atoms with E-state index in [2.05, 4.69) is 36.5 Å². The zero-order chi connectivity index (χ0) is 24.8. The molecule has 0 aliphatic heterocycles. The molecule has 5 nitrogen and oxygen atoms in total. The Hall–Kier alpha value is -3.70. The van der Waals surface area contributed by atoms with Crippen LogP contribution in [-0.4, -0.2) is 23.2 Å². The summed E-state index contributed by atoms with van der Waals surface area (Å²) in [5, 5.41) is 5.51. The first-order valence-corrected chi connectivity index (χ1v) is 12.1. The van der Waals surface area contributed by atoms with Crippen LogP contribution in [-0.2, 0) is 6.42 Å². The summed E-state index contributed by atoms with van der Waals surface area (Å²) in [7, 11) is 0. The van der Waals surface area contributed by atoms with Crippen LogP contribution in [0.4, 0.5) is 0 Å². The Labute approximate surface area is 210 Å². The number of fused-ring (bicyclic) bond motifs is 1. The molecule has 1 aromatic heterocycles. The lowest BCUT2D eigenvalue weighted by Crippen LogP contribution is -2.20. The van der Waals surface area contributed by atoms with E-state index in [1.165, 1.54) is 5.56 Å². The van der Waals surface area contributed by atoms with E-state index in [0.717, 1.165) is 29.7 Å². The maximum Gasteiger partial charge on any atom is 0.272 e. The average Bonchev–Trinajstić information content (AvgIpc) is 2.90. The van der Waals surface area contributed by atoms with Crippen molar-refractivity contribution < 1.29 is 9.53 Å². The molecule has 1 heterocycles. The van der Waals surface area contributed by atoms with Crippen LogP contribution in [0.5, 0.6) is 5.75 Å². The summed E-state index contributed by atoms with van der Waals surface area (Å²) in [6.45, 7) is 6.71. The van der Waals surface area contributed by atoms with E-state index in [1.807, 2.05) is 55.5 Å². The van der Waals surface area contributed by atoms with Gasteiger partial charge in [0.25, 0.3) is 5.91 Å². The van der Waals surface area contributed by atoms with Gasteiger partial charge in [0, 0.05) is 10.9 Å². The van der Waals surface area contributed by atoms with Crippen molar-refractivity contribution in [2.45, 2.75) is 33.6 Å². The van der Waals surface area contributed by atoms with Gasteiger partial charge in [0.05, 0.1) is 34.1 Å². The van der Waals surface area contributed by atoms with Gasteiger partial charge in [-0.3, -0.25) is 4.79 Å². The maximum absolute atomic E-state index is 13.3. The Morgan fingerprint density at radius 1 is 1.03 bits per heavy atom. The van der Waals surface area contributed by atoms with Crippen LogP contribution < -0.4 is 10.2 Å². The predicted molar refractivity (Wildman–Crippen MR) is 143 cm³/mol. The number of para-hydroxylation sites is 1. The highest BCUT2D eigenvalue weighted by molar-refractivity contribution is 6.35. The minimum Gasteiger partial charge on any atom is -0.494 e. The molecule has 0 bridgehead atoms. The zero-order valence-electron chi connectivity index (χ0n) is 20.1. The number of nitrogens with one attached hydrogen (secondary N) is 1. The Morgan fingerprint density at radius 2 is 1.77 bits per heavy atom. The number of pyridine rings is 1. The lowest BCUT2D eigenvalue weighted by Gasteiger charge is -2.11. The predicted octanol–water partition coefficient (Wildman–Crippen LogP) is 7.06. The van der Waals surface area contributed by atoms with E-state index < -0.39 is 0 Å². The minimum atomic E-state index is -0.326. The molecule has 178 valence electrons. The van der Waals surface area contributed by atoms with E-state index in [9.17, 15) is 4.79 Å². The van der Waals surface area contributed by atoms with Crippen LogP contribution in [0.25, 0.3) is 22.2 Å². The molecule has 0 atom stereocenters. The van der Waals surface area contributed by atoms with Crippen molar-refractivity contribution in [3.8, 4) is 17.0 Å². The van der Waals surface area contributed by atoms with Gasteiger partial charge in [0.15, 0.2) is 0 Å². The topological polar surface area (TPSA) is 63.6 Å². The Balaban J connectivity index is 1.63. The number of hydrazone groups is 1. The van der Waals surface area contributed by atoms with Gasteiger partial charge in [-0.15, -0.1) is 0 Å². The van der Waals surface area contributed by atoms with Crippen molar-refractivity contribution in [2.75, 3.05) is 6.61 Å². The van der Waals surface area contributed by atoms with Crippen LogP contribution in [0.3, 0.4) is 0 Å². The molecular weight excluding hydrogens is 458 g/mol. The van der Waals surface area contributed by atoms with Crippen LogP contribution in [0.1, 0.15) is 48.7 Å². The van der Waals surface area contributed by atoms with Gasteiger partial charge in [-0.2, -0.15) is 5.10 Å². The van der Waals surface area contributed by atoms with Crippen molar-refractivity contribution in [1.29, 1.82) is 0 Å². The number of nitrogens with zero attached hydrogens (tertiary/aromatic N) is 2. The minimum absolute atomic E-state index is 0.326. The van der Waals surface area contributed by atoms with Gasteiger partial charge in [0.2, 0.25) is 0 Å². The van der Waals surface area contributed by atoms with Crippen LogP contribution >= 0.6 is 11.6 Å². The molecule has 0 fully saturated rings. The van der Waals surface area contributed by atoms with Crippen molar-refractivity contribution in [2.24, 2.45) is 5.10 Å². The van der Waals surface area contributed by atoms with Crippen LogP contribution in [0, 0.1) is 0 Å². The molecule has 0 saturated carbocycles. The number of halogens is 1. The lowest BCUT2D eigenvalue weighted by atomic mass is 10.0. The molecule has 0 aliphatic rings. The molecule has 4 rings (SSSR count). The van der Waals surface area contributed by atoms with E-state index in [-0.39, 0.29) is 5.91 Å². The summed E-state index contributed by atoms with van der Waals surface area (Å²) < 4.78 is 5.63. The normalized spacial score (nSPS) is 11.5. The largest absolute Gasteiger partial charge is 0.494 e. The molecule has 1 N–H and O–H groups in total. The number of carbonyl (C=O) groups excluding carboxylic acids is 1. The number of amides is 1. The van der Waals surface area contributed by atoms with Gasteiger partial charge in [-0.05, 0) is 67.3 Å². The summed E-state index contributed by atoms with van der Waals surface area (Å²) in [6, 6.07) is 23.1. The highest BCUT2D eigenvalue weighted by atomic mass is 35.5. The Morgan fingerprint density at radius 3 is 2.46 bits per heavy atom. The number of hydrogen-bond donors (Lipinski definition) is 1. The fourth-order valence-electron chi connectivity index (χ4n) is 3.73. The number of hydrogen-bond acceptors (Lipinski definition) is 4. The van der Waals surface area contributed by atoms with Gasteiger partial charge in [0.1, 0.15) is 5.75 Å². The highest BCUT2D eigenvalue weighted by Crippen LogP contribution is 2.29. The van der Waals surface area contributed by atoms with E-state index in [4.69, 9.17) is 21.3 Å². The molecule has 0 radical (unpaired) electrons. The smallest absolute Gasteiger partial charge is 0.272 e. The van der Waals surface area contributed by atoms with E-state index in [1.54, 1.807) is 12.1 Å². The number of aryl methyl sites for hydroxylation is 1. The molecule has 0 unspecified atom stereocenters. The molecule has 1 amide bonds. The van der Waals surface area contributed by atoms with Crippen molar-refractivity contribution >= 4 is 34.1 Å². The first kappa shape index (κ1) is 24.4. The number of ether oxygens (including phenoxy) is 1. The fourth-order valence-corrected chi connectivity index (χ4v) is 3.95. The number of carbonyl (C=O) groups is 1. The second-order valence-corrected chi connectivity index (χ2v) is 8.66. The molecule has 35 heavy (non-hydrogen) atoms. The van der Waals surface area contributed by atoms with Crippen molar-refractivity contribution in [3.63, 3.8) is 0 Å². The van der Waals surface area contributed by atoms with Crippen LogP contribution in [0.15, 0.2) is 77.9 Å². The molecule has 4 aromatic rings. The third-order valence-corrected chi connectivity index (χ3v) is 6.07.